The lowest BCUT2D eigenvalue weighted by Crippen LogP contribution is -2.29. The summed E-state index contributed by atoms with van der Waals surface area (Å²) < 4.78 is 25.2. The maximum atomic E-state index is 12.6. The molecule has 1 aromatic carbocycles. The van der Waals surface area contributed by atoms with E-state index < -0.39 is 12.3 Å². The van der Waals surface area contributed by atoms with Gasteiger partial charge in [-0.1, -0.05) is 18.2 Å². The van der Waals surface area contributed by atoms with E-state index in [1.807, 2.05) is 6.07 Å². The Bertz CT molecular complexity index is 401. The fourth-order valence-corrected chi connectivity index (χ4v) is 2.23. The number of hydrogen-bond acceptors (Lipinski definition) is 1. The molecule has 0 saturated heterocycles. The molecule has 2 rings (SSSR count). The third-order valence-corrected chi connectivity index (χ3v) is 3.37. The van der Waals surface area contributed by atoms with Gasteiger partial charge in [0.05, 0.1) is 0 Å². The summed E-state index contributed by atoms with van der Waals surface area (Å²) in [4.78, 5) is 11.2. The van der Waals surface area contributed by atoms with Gasteiger partial charge in [0.2, 0.25) is 6.43 Å². The van der Waals surface area contributed by atoms with Gasteiger partial charge >= 0.3 is 0 Å². The van der Waals surface area contributed by atoms with Crippen LogP contribution in [-0.4, -0.2) is 12.2 Å². The van der Waals surface area contributed by atoms with Gasteiger partial charge in [-0.05, 0) is 37.3 Å². The summed E-state index contributed by atoms with van der Waals surface area (Å²) in [6.45, 7) is 1.49. The molecule has 1 aliphatic rings. The molecule has 0 heterocycles. The Morgan fingerprint density at radius 1 is 1.38 bits per heavy atom. The van der Waals surface area contributed by atoms with Crippen molar-refractivity contribution >= 4 is 5.78 Å². The number of alkyl halides is 2. The van der Waals surface area contributed by atoms with Crippen LogP contribution in [0.5, 0.6) is 0 Å². The molecule has 1 saturated carbocycles. The molecular formula is C13H14F2O. The molecule has 1 nitrogen and oxygen atoms in total. The quantitative estimate of drug-likeness (QED) is 0.716. The summed E-state index contributed by atoms with van der Waals surface area (Å²) in [6.07, 6.45) is -0.858. The van der Waals surface area contributed by atoms with Gasteiger partial charge in [-0.3, -0.25) is 4.79 Å². The molecule has 3 heteroatoms. The summed E-state index contributed by atoms with van der Waals surface area (Å²) in [5, 5.41) is 0. The molecule has 1 fully saturated rings. The fraction of sp³-hybridized carbons (Fsp3) is 0.462. The first-order chi connectivity index (χ1) is 7.59. The maximum Gasteiger partial charge on any atom is 0.242 e. The van der Waals surface area contributed by atoms with Crippen LogP contribution >= 0.6 is 0 Å². The Balaban J connectivity index is 2.21. The van der Waals surface area contributed by atoms with Crippen molar-refractivity contribution in [2.75, 3.05) is 0 Å². The Kier molecular flexibility index (Phi) is 3.03. The number of halogens is 2. The molecule has 0 amide bonds. The van der Waals surface area contributed by atoms with Gasteiger partial charge < -0.3 is 0 Å². The number of carbonyl (C=O) groups is 1. The van der Waals surface area contributed by atoms with Gasteiger partial charge in [0.1, 0.15) is 0 Å². The molecule has 0 aromatic heterocycles. The molecule has 0 spiro atoms. The normalized spacial score (nSPS) is 24.2. The number of ketones is 1. The highest BCUT2D eigenvalue weighted by atomic mass is 19.3. The van der Waals surface area contributed by atoms with Gasteiger partial charge in [-0.25, -0.2) is 8.78 Å². The predicted molar refractivity (Wildman–Crippen MR) is 57.9 cm³/mol. The smallest absolute Gasteiger partial charge is 0.242 e. The van der Waals surface area contributed by atoms with Gasteiger partial charge in [-0.15, -0.1) is 0 Å². The van der Waals surface area contributed by atoms with Crippen molar-refractivity contribution in [3.05, 3.63) is 35.4 Å². The van der Waals surface area contributed by atoms with Crippen LogP contribution in [0.4, 0.5) is 8.78 Å². The lowest BCUT2D eigenvalue weighted by Gasteiger charge is -2.36. The maximum absolute atomic E-state index is 12.6. The zero-order chi connectivity index (χ0) is 11.7. The first-order valence-corrected chi connectivity index (χ1v) is 5.48. The lowest BCUT2D eigenvalue weighted by molar-refractivity contribution is 0.0168. The van der Waals surface area contributed by atoms with E-state index in [9.17, 15) is 13.6 Å². The molecule has 0 bridgehead atoms. The van der Waals surface area contributed by atoms with Crippen molar-refractivity contribution in [1.82, 2.24) is 0 Å². The van der Waals surface area contributed by atoms with Gasteiger partial charge in [-0.2, -0.15) is 0 Å². The topological polar surface area (TPSA) is 17.1 Å². The highest BCUT2D eigenvalue weighted by molar-refractivity contribution is 5.94. The molecule has 0 N–H and O–H groups in total. The van der Waals surface area contributed by atoms with Crippen molar-refractivity contribution in [2.45, 2.75) is 32.1 Å². The monoisotopic (exact) mass is 224 g/mol. The van der Waals surface area contributed by atoms with Crippen LogP contribution in [0.15, 0.2) is 24.3 Å². The summed E-state index contributed by atoms with van der Waals surface area (Å²) in [5.74, 6) is -0.615. The lowest BCUT2D eigenvalue weighted by atomic mass is 9.70. The number of benzene rings is 1. The molecular weight excluding hydrogens is 210 g/mol. The van der Waals surface area contributed by atoms with Crippen LogP contribution in [0.3, 0.4) is 0 Å². The minimum absolute atomic E-state index is 0.0187. The highest BCUT2D eigenvalue weighted by Crippen LogP contribution is 2.45. The van der Waals surface area contributed by atoms with Crippen molar-refractivity contribution in [2.24, 2.45) is 5.92 Å². The van der Waals surface area contributed by atoms with Crippen LogP contribution in [0.1, 0.15) is 41.6 Å². The van der Waals surface area contributed by atoms with Crippen LogP contribution in [0.25, 0.3) is 0 Å². The van der Waals surface area contributed by atoms with E-state index in [-0.39, 0.29) is 11.7 Å². The first kappa shape index (κ1) is 11.2. The highest BCUT2D eigenvalue weighted by Gasteiger charge is 2.38. The van der Waals surface area contributed by atoms with Crippen molar-refractivity contribution in [1.29, 1.82) is 0 Å². The molecule has 1 aromatic rings. The molecule has 0 radical (unpaired) electrons. The largest absolute Gasteiger partial charge is 0.295 e. The Hall–Kier alpha value is -1.25. The molecule has 16 heavy (non-hydrogen) atoms. The van der Waals surface area contributed by atoms with Crippen LogP contribution in [-0.2, 0) is 0 Å². The third-order valence-electron chi connectivity index (χ3n) is 3.37. The van der Waals surface area contributed by atoms with E-state index in [0.29, 0.717) is 12.0 Å². The van der Waals surface area contributed by atoms with Crippen molar-refractivity contribution in [3.8, 4) is 0 Å². The Morgan fingerprint density at radius 3 is 2.62 bits per heavy atom. The zero-order valence-corrected chi connectivity index (χ0v) is 9.12. The second-order valence-electron chi connectivity index (χ2n) is 4.36. The third kappa shape index (κ3) is 1.99. The predicted octanol–water partition coefficient (Wildman–Crippen LogP) is 3.65. The number of carbonyl (C=O) groups excluding carboxylic acids is 1. The van der Waals surface area contributed by atoms with Crippen molar-refractivity contribution < 1.29 is 13.6 Å². The van der Waals surface area contributed by atoms with E-state index in [4.69, 9.17) is 0 Å². The zero-order valence-electron chi connectivity index (χ0n) is 9.12. The van der Waals surface area contributed by atoms with E-state index in [2.05, 4.69) is 0 Å². The van der Waals surface area contributed by atoms with Gasteiger partial charge in [0, 0.05) is 11.5 Å². The molecule has 1 aliphatic carbocycles. The molecule has 2 unspecified atom stereocenters. The Morgan fingerprint density at radius 2 is 2.12 bits per heavy atom. The second kappa shape index (κ2) is 4.32. The average Bonchev–Trinajstić information content (AvgIpc) is 2.15. The number of rotatable bonds is 3. The summed E-state index contributed by atoms with van der Waals surface area (Å²) >= 11 is 0. The SMILES string of the molecule is CC(=O)c1cccc(C2CCC2C(F)F)c1. The first-order valence-electron chi connectivity index (χ1n) is 5.48. The van der Waals surface area contributed by atoms with Crippen molar-refractivity contribution in [3.63, 3.8) is 0 Å². The summed E-state index contributed by atoms with van der Waals surface area (Å²) in [6, 6.07) is 7.09. The standard InChI is InChI=1S/C13H14F2O/c1-8(16)9-3-2-4-10(7-9)11-5-6-12(11)13(14)15/h2-4,7,11-13H,5-6H2,1H3. The summed E-state index contributed by atoms with van der Waals surface area (Å²) in [5.41, 5.74) is 1.49. The van der Waals surface area contributed by atoms with E-state index >= 15 is 0 Å². The second-order valence-corrected chi connectivity index (χ2v) is 4.36. The van der Waals surface area contributed by atoms with Crippen LogP contribution in [0, 0.1) is 5.92 Å². The van der Waals surface area contributed by atoms with Crippen LogP contribution < -0.4 is 0 Å². The average molecular weight is 224 g/mol. The van der Waals surface area contributed by atoms with E-state index in [0.717, 1.165) is 12.0 Å². The summed E-state index contributed by atoms with van der Waals surface area (Å²) in [7, 11) is 0. The van der Waals surface area contributed by atoms with Crippen LogP contribution in [0.2, 0.25) is 0 Å². The minimum atomic E-state index is -2.25. The molecule has 0 aliphatic heterocycles. The molecule has 2 atom stereocenters. The fourth-order valence-electron chi connectivity index (χ4n) is 2.23. The Labute approximate surface area is 93.5 Å². The van der Waals surface area contributed by atoms with E-state index in [1.165, 1.54) is 6.92 Å². The number of Topliss-reactive ketones (excluding diaryl/α,β-unsaturated/α-hetero) is 1. The van der Waals surface area contributed by atoms with Gasteiger partial charge in [0.25, 0.3) is 0 Å². The molecule has 86 valence electrons. The van der Waals surface area contributed by atoms with Gasteiger partial charge in [0.15, 0.2) is 5.78 Å². The van der Waals surface area contributed by atoms with E-state index in [1.54, 1.807) is 18.2 Å². The minimum Gasteiger partial charge on any atom is -0.295 e. The number of hydrogen-bond donors (Lipinski definition) is 0.